The number of aryl methyl sites for hydroxylation is 1. The molecule has 1 N–H and O–H groups in total. The lowest BCUT2D eigenvalue weighted by Gasteiger charge is -2.31. The summed E-state index contributed by atoms with van der Waals surface area (Å²) in [5, 5.41) is 7.68. The Bertz CT molecular complexity index is 1260. The van der Waals surface area contributed by atoms with E-state index in [2.05, 4.69) is 25.4 Å². The summed E-state index contributed by atoms with van der Waals surface area (Å²) in [7, 11) is 1.72. The minimum atomic E-state index is -0.122. The topological polar surface area (TPSA) is 104 Å². The first kappa shape index (κ1) is 17.1. The fraction of sp³-hybridized carbons (Fsp3) is 0.353. The third kappa shape index (κ3) is 2.56. The van der Waals surface area contributed by atoms with Crippen molar-refractivity contribution in [3.63, 3.8) is 0 Å². The van der Waals surface area contributed by atoms with Crippen molar-refractivity contribution in [2.24, 2.45) is 13.0 Å². The number of anilines is 2. The van der Waals surface area contributed by atoms with E-state index in [1.54, 1.807) is 39.2 Å². The lowest BCUT2D eigenvalue weighted by molar-refractivity contribution is -0.0535. The summed E-state index contributed by atoms with van der Waals surface area (Å²) in [6.45, 7) is 3.31. The Morgan fingerprint density at radius 2 is 2.18 bits per heavy atom. The van der Waals surface area contributed by atoms with Gasteiger partial charge >= 0.3 is 5.69 Å². The maximum Gasteiger partial charge on any atom is 0.330 e. The van der Waals surface area contributed by atoms with E-state index in [0.717, 1.165) is 0 Å². The third-order valence-corrected chi connectivity index (χ3v) is 5.51. The Morgan fingerprint density at radius 3 is 2.93 bits per heavy atom. The molecule has 1 saturated heterocycles. The number of ether oxygens (including phenoxy) is 1. The summed E-state index contributed by atoms with van der Waals surface area (Å²) in [5.74, 6) is 0.629. The highest BCUT2D eigenvalue weighted by molar-refractivity contribution is 6.33. The summed E-state index contributed by atoms with van der Waals surface area (Å²) < 4.78 is 10.2. The van der Waals surface area contributed by atoms with Crippen LogP contribution in [0.25, 0.3) is 16.8 Å². The standard InChI is InChI=1S/C17H17ClN8O2/c1-9(10-6-28-7-10)26-15-13(24(2)17(26)27)4-19-16(23-15)22-12-5-25-14(3-11(12)18)20-8-21-25/h3-5,8-10H,6-7H2,1-2H3,(H,19,22,23). The smallest absolute Gasteiger partial charge is 0.330 e. The van der Waals surface area contributed by atoms with Gasteiger partial charge in [-0.2, -0.15) is 10.1 Å². The molecule has 28 heavy (non-hydrogen) atoms. The van der Waals surface area contributed by atoms with Crippen molar-refractivity contribution < 1.29 is 4.74 Å². The first-order valence-electron chi connectivity index (χ1n) is 8.80. The summed E-state index contributed by atoms with van der Waals surface area (Å²) in [4.78, 5) is 25.8. The van der Waals surface area contributed by atoms with Crippen LogP contribution >= 0.6 is 11.6 Å². The number of aromatic nitrogens is 7. The van der Waals surface area contributed by atoms with Crippen molar-refractivity contribution in [3.8, 4) is 0 Å². The Hall–Kier alpha value is -2.98. The van der Waals surface area contributed by atoms with E-state index in [1.807, 2.05) is 6.92 Å². The first-order chi connectivity index (χ1) is 13.5. The second kappa shape index (κ2) is 6.28. The maximum absolute atomic E-state index is 12.8. The van der Waals surface area contributed by atoms with Gasteiger partial charge < -0.3 is 10.1 Å². The number of nitrogens with one attached hydrogen (secondary N) is 1. The lowest BCUT2D eigenvalue weighted by Crippen LogP contribution is -2.38. The van der Waals surface area contributed by atoms with E-state index in [1.165, 1.54) is 6.33 Å². The molecule has 11 heteroatoms. The molecule has 0 aromatic carbocycles. The molecule has 1 aliphatic rings. The van der Waals surface area contributed by atoms with Crippen LogP contribution in [0, 0.1) is 5.92 Å². The summed E-state index contributed by atoms with van der Waals surface area (Å²) in [6.07, 6.45) is 4.80. The summed E-state index contributed by atoms with van der Waals surface area (Å²) in [6, 6.07) is 1.68. The highest BCUT2D eigenvalue weighted by Gasteiger charge is 2.30. The molecular formula is C17H17ClN8O2. The maximum atomic E-state index is 12.8. The van der Waals surface area contributed by atoms with Gasteiger partial charge in [-0.3, -0.25) is 9.13 Å². The molecular weight excluding hydrogens is 384 g/mol. The third-order valence-electron chi connectivity index (χ3n) is 5.20. The van der Waals surface area contributed by atoms with Crippen LogP contribution in [0.1, 0.15) is 13.0 Å². The van der Waals surface area contributed by atoms with Gasteiger partial charge in [-0.25, -0.2) is 19.3 Å². The number of nitrogens with zero attached hydrogens (tertiary/aromatic N) is 7. The Balaban J connectivity index is 1.58. The zero-order valence-electron chi connectivity index (χ0n) is 15.2. The molecule has 5 rings (SSSR count). The highest BCUT2D eigenvalue weighted by atomic mass is 35.5. The van der Waals surface area contributed by atoms with Crippen molar-refractivity contribution in [1.82, 2.24) is 33.7 Å². The van der Waals surface area contributed by atoms with E-state index in [0.29, 0.717) is 52.6 Å². The average Bonchev–Trinajstić information content (AvgIpc) is 3.16. The fourth-order valence-corrected chi connectivity index (χ4v) is 3.55. The normalized spacial score (nSPS) is 15.8. The predicted molar refractivity (Wildman–Crippen MR) is 103 cm³/mol. The molecule has 0 radical (unpaired) electrons. The van der Waals surface area contributed by atoms with Crippen LogP contribution in [0.4, 0.5) is 11.6 Å². The number of fused-ring (bicyclic) bond motifs is 2. The number of imidazole rings is 1. The molecule has 10 nitrogen and oxygen atoms in total. The van der Waals surface area contributed by atoms with Gasteiger partial charge in [0.25, 0.3) is 0 Å². The molecule has 0 saturated carbocycles. The molecule has 144 valence electrons. The van der Waals surface area contributed by atoms with Crippen LogP contribution in [-0.4, -0.2) is 46.9 Å². The van der Waals surface area contributed by atoms with Crippen molar-refractivity contribution in [1.29, 1.82) is 0 Å². The van der Waals surface area contributed by atoms with E-state index in [-0.39, 0.29) is 11.7 Å². The molecule has 1 atom stereocenters. The quantitative estimate of drug-likeness (QED) is 0.556. The SMILES string of the molecule is CC(C1COC1)n1c(=O)n(C)c2cnc(Nc3cn4ncnc4cc3Cl)nc21. The van der Waals surface area contributed by atoms with Crippen molar-refractivity contribution in [3.05, 3.63) is 40.3 Å². The van der Waals surface area contributed by atoms with Gasteiger partial charge in [0.1, 0.15) is 11.8 Å². The van der Waals surface area contributed by atoms with Crippen LogP contribution in [0.5, 0.6) is 0 Å². The number of pyridine rings is 1. The van der Waals surface area contributed by atoms with Crippen molar-refractivity contribution in [2.75, 3.05) is 18.5 Å². The average molecular weight is 401 g/mol. The van der Waals surface area contributed by atoms with Gasteiger partial charge in [-0.15, -0.1) is 0 Å². The van der Waals surface area contributed by atoms with Crippen LogP contribution in [0.2, 0.25) is 5.02 Å². The predicted octanol–water partition coefficient (Wildman–Crippen LogP) is 1.78. The van der Waals surface area contributed by atoms with Gasteiger partial charge in [0.05, 0.1) is 36.3 Å². The number of hydrogen-bond acceptors (Lipinski definition) is 7. The zero-order chi connectivity index (χ0) is 19.4. The van der Waals surface area contributed by atoms with Crippen LogP contribution in [0.15, 0.2) is 29.6 Å². The largest absolute Gasteiger partial charge is 0.381 e. The Kier molecular flexibility index (Phi) is 3.84. The molecule has 0 aliphatic carbocycles. The van der Waals surface area contributed by atoms with Crippen molar-refractivity contribution >= 4 is 40.0 Å². The molecule has 4 aromatic rings. The fourth-order valence-electron chi connectivity index (χ4n) is 3.36. The van der Waals surface area contributed by atoms with E-state index < -0.39 is 0 Å². The minimum absolute atomic E-state index is 0.0252. The molecule has 0 amide bonds. The second-order valence-electron chi connectivity index (χ2n) is 6.88. The van der Waals surface area contributed by atoms with Gasteiger partial charge in [0.15, 0.2) is 11.3 Å². The number of halogens is 1. The van der Waals surface area contributed by atoms with Gasteiger partial charge in [0, 0.05) is 25.1 Å². The van der Waals surface area contributed by atoms with Gasteiger partial charge in [-0.1, -0.05) is 11.6 Å². The number of rotatable bonds is 4. The molecule has 1 aliphatic heterocycles. The molecule has 0 spiro atoms. The number of hydrogen-bond donors (Lipinski definition) is 1. The van der Waals surface area contributed by atoms with E-state index in [4.69, 9.17) is 16.3 Å². The van der Waals surface area contributed by atoms with Crippen LogP contribution < -0.4 is 11.0 Å². The summed E-state index contributed by atoms with van der Waals surface area (Å²) >= 11 is 6.33. The molecule has 4 aromatic heterocycles. The van der Waals surface area contributed by atoms with Crippen molar-refractivity contribution in [2.45, 2.75) is 13.0 Å². The van der Waals surface area contributed by atoms with E-state index in [9.17, 15) is 4.79 Å². The Labute approximate surface area is 163 Å². The van der Waals surface area contributed by atoms with Crippen LogP contribution in [0.3, 0.4) is 0 Å². The lowest BCUT2D eigenvalue weighted by atomic mass is 10.00. The minimum Gasteiger partial charge on any atom is -0.381 e. The zero-order valence-corrected chi connectivity index (χ0v) is 16.0. The first-order valence-corrected chi connectivity index (χ1v) is 9.18. The van der Waals surface area contributed by atoms with E-state index >= 15 is 0 Å². The summed E-state index contributed by atoms with van der Waals surface area (Å²) in [5.41, 5.74) is 2.34. The second-order valence-corrected chi connectivity index (χ2v) is 7.28. The molecule has 0 bridgehead atoms. The Morgan fingerprint density at radius 1 is 1.36 bits per heavy atom. The molecule has 1 fully saturated rings. The molecule has 5 heterocycles. The van der Waals surface area contributed by atoms with Gasteiger partial charge in [0.2, 0.25) is 5.95 Å². The monoisotopic (exact) mass is 400 g/mol. The highest BCUT2D eigenvalue weighted by Crippen LogP contribution is 2.28. The van der Waals surface area contributed by atoms with Gasteiger partial charge in [-0.05, 0) is 6.92 Å². The molecule has 1 unspecified atom stereocenters. The van der Waals surface area contributed by atoms with Crippen LogP contribution in [-0.2, 0) is 11.8 Å².